The Morgan fingerprint density at radius 1 is 0.794 bits per heavy atom. The van der Waals surface area contributed by atoms with Gasteiger partial charge in [-0.2, -0.15) is 0 Å². The predicted molar refractivity (Wildman–Crippen MR) is 252 cm³/mol. The second kappa shape index (κ2) is 23.2. The van der Waals surface area contributed by atoms with Crippen molar-refractivity contribution in [2.24, 2.45) is 11.5 Å². The van der Waals surface area contributed by atoms with E-state index >= 15 is 0 Å². The summed E-state index contributed by atoms with van der Waals surface area (Å²) in [5.41, 5.74) is 13.4. The number of aromatic amines is 1. The van der Waals surface area contributed by atoms with E-state index in [0.29, 0.717) is 38.5 Å². The third-order valence-corrected chi connectivity index (χ3v) is 12.4. The second-order valence-electron chi connectivity index (χ2n) is 17.2. The number of unbranched alkanes of at least 4 members (excludes halogenated alkanes) is 1. The number of imide groups is 1. The summed E-state index contributed by atoms with van der Waals surface area (Å²) in [6.07, 6.45) is 4.00. The van der Waals surface area contributed by atoms with Gasteiger partial charge in [-0.25, -0.2) is 9.69 Å². The zero-order valence-corrected chi connectivity index (χ0v) is 37.9. The molecule has 0 radical (unpaired) electrons. The minimum absolute atomic E-state index is 0.0229. The number of benzene rings is 3. The number of carbonyl (C=O) groups excluding carboxylic acids is 8. The number of rotatable bonds is 25. The van der Waals surface area contributed by atoms with Crippen molar-refractivity contribution in [1.82, 2.24) is 47.1 Å². The van der Waals surface area contributed by atoms with Gasteiger partial charge in [0.1, 0.15) is 30.0 Å². The predicted octanol–water partition coefficient (Wildman–Crippen LogP) is 0.0776. The third-order valence-electron chi connectivity index (χ3n) is 12.4. The highest BCUT2D eigenvalue weighted by Crippen LogP contribution is 2.37. The van der Waals surface area contributed by atoms with Gasteiger partial charge in [0.15, 0.2) is 5.96 Å². The van der Waals surface area contributed by atoms with E-state index in [1.54, 1.807) is 25.4 Å². The Kier molecular flexibility index (Phi) is 17.0. The van der Waals surface area contributed by atoms with Gasteiger partial charge in [0, 0.05) is 49.5 Å². The number of nitrogens with two attached hydrogens (primary N) is 2. The first kappa shape index (κ1) is 49.8. The lowest BCUT2D eigenvalue weighted by Crippen LogP contribution is -2.63. The number of likely N-dealkylation sites (N-methyl/N-ethyl adjacent to an activating group) is 1. The molecule has 5 atom stereocenters. The number of urea groups is 1. The summed E-state index contributed by atoms with van der Waals surface area (Å²) in [5.74, 6) is -4.00. The number of para-hydroxylation sites is 1. The highest BCUT2D eigenvalue weighted by Gasteiger charge is 2.57. The molecule has 2 aliphatic rings. The molecule has 1 fully saturated rings. The SMILES string of the molecule is CN[C@@H](CCCNC(=N)N)C(=O)N[C@@H](Cc1c[nH]c2ccccc12)C(=O)N[C@@H](CCCCNC(=O)C[C@@H]1NC(=O)N(C2(C(=O)N[C@@H](C=O)Cc3ccccc3)Cc3ccccc3C2)C1=O)C(N)=O. The van der Waals surface area contributed by atoms with Gasteiger partial charge < -0.3 is 58.5 Å². The molecule has 20 nitrogen and oxygen atoms in total. The van der Waals surface area contributed by atoms with E-state index in [1.807, 2.05) is 66.7 Å². The molecule has 360 valence electrons. The van der Waals surface area contributed by atoms with Gasteiger partial charge in [-0.3, -0.25) is 34.2 Å². The lowest BCUT2D eigenvalue weighted by molar-refractivity contribution is -0.143. The fraction of sp³-hybridized carbons (Fsp3) is 0.396. The molecule has 0 bridgehead atoms. The Hall–Kier alpha value is -7.61. The molecule has 1 aliphatic carbocycles. The molecule has 2 heterocycles. The van der Waals surface area contributed by atoms with Gasteiger partial charge in [-0.1, -0.05) is 72.8 Å². The monoisotopic (exact) mass is 932 g/mol. The molecule has 1 saturated heterocycles. The van der Waals surface area contributed by atoms with Gasteiger partial charge in [-0.15, -0.1) is 0 Å². The standard InChI is InChI=1S/C48H60N12O8/c1-52-37(19-11-21-54-46(50)51)42(64)58-38(23-32-27-55-35-17-8-7-16-34(32)35)43(65)57-36(41(49)63)18-9-10-20-53-40(62)24-39-44(66)60(47(68)59-39)48(25-30-14-5-6-15-31(30)26-48)45(67)56-33(28-61)22-29-12-3-2-4-13-29/h2-8,12-17,27-28,33,36-39,52,55H,9-11,18-26H2,1H3,(H2,49,63)(H,53,62)(H,56,67)(H,57,65)(H,58,64)(H,59,68)(H4,50,51,54)/t33-,36+,37+,38+,39+/m1/s1. The van der Waals surface area contributed by atoms with E-state index in [0.717, 1.165) is 38.1 Å². The van der Waals surface area contributed by atoms with Crippen LogP contribution in [0.25, 0.3) is 10.9 Å². The first-order chi connectivity index (χ1) is 32.7. The van der Waals surface area contributed by atoms with E-state index in [1.165, 1.54) is 0 Å². The number of H-pyrrole nitrogens is 1. The zero-order valence-electron chi connectivity index (χ0n) is 37.9. The van der Waals surface area contributed by atoms with Crippen LogP contribution in [0.5, 0.6) is 0 Å². The molecule has 0 unspecified atom stereocenters. The Bertz CT molecular complexity index is 2470. The number of aldehydes is 1. The summed E-state index contributed by atoms with van der Waals surface area (Å²) >= 11 is 0. The normalized spacial score (nSPS) is 16.7. The summed E-state index contributed by atoms with van der Waals surface area (Å²) in [5, 5.41) is 27.5. The van der Waals surface area contributed by atoms with Crippen molar-refractivity contribution in [3.05, 3.63) is 107 Å². The van der Waals surface area contributed by atoms with Gasteiger partial charge in [0.25, 0.3) is 5.91 Å². The van der Waals surface area contributed by atoms with Crippen molar-refractivity contribution in [2.75, 3.05) is 20.1 Å². The zero-order chi connectivity index (χ0) is 48.8. The number of nitrogens with one attached hydrogen (secondary N) is 9. The van der Waals surface area contributed by atoms with E-state index in [9.17, 15) is 38.4 Å². The third kappa shape index (κ3) is 12.4. The maximum atomic E-state index is 14.2. The van der Waals surface area contributed by atoms with Crippen LogP contribution in [0.1, 0.15) is 60.8 Å². The number of amides is 8. The fourth-order valence-electron chi connectivity index (χ4n) is 8.85. The van der Waals surface area contributed by atoms with Crippen molar-refractivity contribution in [3.8, 4) is 0 Å². The number of hydrogen-bond donors (Lipinski definition) is 11. The molecule has 6 rings (SSSR count). The molecular formula is C48H60N12O8. The topological polar surface area (TPSA) is 316 Å². The van der Waals surface area contributed by atoms with Crippen molar-refractivity contribution in [1.29, 1.82) is 5.41 Å². The molecule has 4 aromatic rings. The molecule has 13 N–H and O–H groups in total. The molecule has 8 amide bonds. The highest BCUT2D eigenvalue weighted by atomic mass is 16.2. The molecule has 1 aromatic heterocycles. The van der Waals surface area contributed by atoms with E-state index < -0.39 is 83.6 Å². The number of hydrogen-bond acceptors (Lipinski definition) is 10. The summed E-state index contributed by atoms with van der Waals surface area (Å²) in [6.45, 7) is 0.500. The van der Waals surface area contributed by atoms with Crippen LogP contribution in [0.3, 0.4) is 0 Å². The molecule has 68 heavy (non-hydrogen) atoms. The Balaban J connectivity index is 1.03. The van der Waals surface area contributed by atoms with Gasteiger partial charge in [0.2, 0.25) is 29.5 Å². The summed E-state index contributed by atoms with van der Waals surface area (Å²) in [6, 6.07) is 18.0. The molecular weight excluding hydrogens is 873 g/mol. The van der Waals surface area contributed by atoms with Gasteiger partial charge in [-0.05, 0) is 73.9 Å². The number of primary amides is 1. The molecule has 1 aliphatic heterocycles. The largest absolute Gasteiger partial charge is 0.370 e. The quantitative estimate of drug-likeness (QED) is 0.0139. The number of guanidine groups is 1. The van der Waals surface area contributed by atoms with E-state index in [4.69, 9.17) is 16.9 Å². The van der Waals surface area contributed by atoms with Crippen molar-refractivity contribution < 1.29 is 38.4 Å². The molecule has 0 saturated carbocycles. The minimum Gasteiger partial charge on any atom is -0.370 e. The molecule has 0 spiro atoms. The van der Waals surface area contributed by atoms with Crippen molar-refractivity contribution in [3.63, 3.8) is 0 Å². The molecule has 3 aromatic carbocycles. The van der Waals surface area contributed by atoms with Crippen molar-refractivity contribution >= 4 is 64.6 Å². The Morgan fingerprint density at radius 2 is 1.43 bits per heavy atom. The summed E-state index contributed by atoms with van der Waals surface area (Å²) < 4.78 is 0. The lowest BCUT2D eigenvalue weighted by Gasteiger charge is -2.36. The van der Waals surface area contributed by atoms with Crippen LogP contribution >= 0.6 is 0 Å². The van der Waals surface area contributed by atoms with Crippen LogP contribution in [0.15, 0.2) is 85.1 Å². The van der Waals surface area contributed by atoms with Gasteiger partial charge in [0.05, 0.1) is 18.5 Å². The summed E-state index contributed by atoms with van der Waals surface area (Å²) in [7, 11) is 1.62. The van der Waals surface area contributed by atoms with Crippen LogP contribution in [0, 0.1) is 5.41 Å². The summed E-state index contributed by atoms with van der Waals surface area (Å²) in [4.78, 5) is 111. The van der Waals surface area contributed by atoms with Gasteiger partial charge >= 0.3 is 6.03 Å². The maximum absolute atomic E-state index is 14.2. The highest BCUT2D eigenvalue weighted by molar-refractivity contribution is 6.10. The maximum Gasteiger partial charge on any atom is 0.325 e. The van der Waals surface area contributed by atoms with Crippen LogP contribution in [-0.2, 0) is 59.2 Å². The smallest absolute Gasteiger partial charge is 0.325 e. The number of carbonyl (C=O) groups is 8. The Morgan fingerprint density at radius 3 is 2.10 bits per heavy atom. The fourth-order valence-corrected chi connectivity index (χ4v) is 8.85. The average molecular weight is 933 g/mol. The van der Waals surface area contributed by atoms with Crippen LogP contribution in [-0.4, -0.2) is 119 Å². The van der Waals surface area contributed by atoms with E-state index in [-0.39, 0.29) is 44.6 Å². The lowest BCUT2D eigenvalue weighted by atomic mass is 9.91. The van der Waals surface area contributed by atoms with Crippen molar-refractivity contribution in [2.45, 2.75) is 100.0 Å². The average Bonchev–Trinajstić information content (AvgIpc) is 4.00. The Labute approximate surface area is 393 Å². The minimum atomic E-state index is -1.69. The second-order valence-corrected chi connectivity index (χ2v) is 17.2. The number of aromatic nitrogens is 1. The number of nitrogens with zero attached hydrogens (tertiary/aromatic N) is 1. The first-order valence-electron chi connectivity index (χ1n) is 22.7. The van der Waals surface area contributed by atoms with Crippen LogP contribution in [0.2, 0.25) is 0 Å². The van der Waals surface area contributed by atoms with E-state index in [2.05, 4.69) is 42.2 Å². The van der Waals surface area contributed by atoms with Crippen LogP contribution < -0.4 is 48.7 Å². The first-order valence-corrected chi connectivity index (χ1v) is 22.7. The van der Waals surface area contributed by atoms with Crippen LogP contribution in [0.4, 0.5) is 4.79 Å². The molecule has 20 heteroatoms. The number of fused-ring (bicyclic) bond motifs is 2.